The smallest absolute Gasteiger partial charge is 0.262 e. The van der Waals surface area contributed by atoms with Crippen LogP contribution in [-0.2, 0) is 4.79 Å². The molecule has 0 radical (unpaired) electrons. The molecule has 5 nitrogen and oxygen atoms in total. The third-order valence-corrected chi connectivity index (χ3v) is 3.42. The molecule has 5 heteroatoms. The van der Waals surface area contributed by atoms with E-state index in [0.717, 1.165) is 4.90 Å². The van der Waals surface area contributed by atoms with Crippen molar-refractivity contribution in [2.75, 3.05) is 0 Å². The first-order valence-corrected chi connectivity index (χ1v) is 6.34. The SMILES string of the molecule is O=C([O-])[C@@H](c1ccccc1)N1C(=O)c2ccccc2C1=O. The predicted octanol–water partition coefficient (Wildman–Crippen LogP) is 0.774. The Morgan fingerprint density at radius 1 is 0.857 bits per heavy atom. The lowest BCUT2D eigenvalue weighted by Gasteiger charge is -2.27. The molecule has 0 saturated heterocycles. The van der Waals surface area contributed by atoms with Crippen LogP contribution in [0.2, 0.25) is 0 Å². The van der Waals surface area contributed by atoms with Gasteiger partial charge in [0.1, 0.15) is 6.04 Å². The van der Waals surface area contributed by atoms with Crippen LogP contribution in [0, 0.1) is 0 Å². The summed E-state index contributed by atoms with van der Waals surface area (Å²) in [6, 6.07) is 12.9. The van der Waals surface area contributed by atoms with Crippen molar-refractivity contribution in [2.24, 2.45) is 0 Å². The van der Waals surface area contributed by atoms with E-state index in [1.165, 1.54) is 12.1 Å². The monoisotopic (exact) mass is 280 g/mol. The van der Waals surface area contributed by atoms with E-state index >= 15 is 0 Å². The zero-order valence-electron chi connectivity index (χ0n) is 10.9. The maximum atomic E-state index is 12.3. The lowest BCUT2D eigenvalue weighted by molar-refractivity contribution is -0.310. The number of benzene rings is 2. The molecule has 2 aromatic rings. The number of hydrogen-bond donors (Lipinski definition) is 0. The lowest BCUT2D eigenvalue weighted by Crippen LogP contribution is -2.44. The number of aliphatic carboxylic acids is 1. The highest BCUT2D eigenvalue weighted by Gasteiger charge is 2.40. The first-order chi connectivity index (χ1) is 10.1. The van der Waals surface area contributed by atoms with Crippen molar-refractivity contribution in [3.8, 4) is 0 Å². The molecule has 2 aromatic carbocycles. The van der Waals surface area contributed by atoms with Crippen molar-refractivity contribution in [3.05, 3.63) is 71.3 Å². The number of carbonyl (C=O) groups is 3. The van der Waals surface area contributed by atoms with Gasteiger partial charge in [-0.3, -0.25) is 14.5 Å². The van der Waals surface area contributed by atoms with Crippen LogP contribution in [0.5, 0.6) is 0 Å². The number of carboxylic acids is 1. The molecule has 0 spiro atoms. The molecule has 0 bridgehead atoms. The summed E-state index contributed by atoms with van der Waals surface area (Å²) < 4.78 is 0. The standard InChI is InChI=1S/C16H11NO4/c18-14-11-8-4-5-9-12(11)15(19)17(14)13(16(20)21)10-6-2-1-3-7-10/h1-9,13H,(H,20,21)/p-1/t13-/m1/s1. The van der Waals surface area contributed by atoms with Crippen LogP contribution in [0.1, 0.15) is 32.3 Å². The second kappa shape index (κ2) is 4.86. The number of nitrogens with zero attached hydrogens (tertiary/aromatic N) is 1. The van der Waals surface area contributed by atoms with Crippen molar-refractivity contribution in [2.45, 2.75) is 6.04 Å². The van der Waals surface area contributed by atoms with Crippen LogP contribution >= 0.6 is 0 Å². The molecule has 0 N–H and O–H groups in total. The van der Waals surface area contributed by atoms with Gasteiger partial charge in [-0.05, 0) is 17.7 Å². The fourth-order valence-electron chi connectivity index (χ4n) is 2.47. The topological polar surface area (TPSA) is 77.5 Å². The molecule has 3 rings (SSSR count). The molecule has 2 amide bonds. The number of amides is 2. The molecule has 0 saturated carbocycles. The summed E-state index contributed by atoms with van der Waals surface area (Å²) >= 11 is 0. The molecule has 1 aliphatic heterocycles. The van der Waals surface area contributed by atoms with Crippen LogP contribution in [0.25, 0.3) is 0 Å². The van der Waals surface area contributed by atoms with E-state index in [4.69, 9.17) is 0 Å². The van der Waals surface area contributed by atoms with Crippen LogP contribution in [0.15, 0.2) is 54.6 Å². The molecule has 0 unspecified atom stereocenters. The molecule has 0 aromatic heterocycles. The Morgan fingerprint density at radius 2 is 1.33 bits per heavy atom. The molecule has 0 aliphatic carbocycles. The summed E-state index contributed by atoms with van der Waals surface area (Å²) in [6.07, 6.45) is 0. The van der Waals surface area contributed by atoms with Gasteiger partial charge in [-0.15, -0.1) is 0 Å². The number of carbonyl (C=O) groups excluding carboxylic acids is 3. The highest BCUT2D eigenvalue weighted by molar-refractivity contribution is 6.22. The minimum absolute atomic E-state index is 0.213. The first kappa shape index (κ1) is 13.1. The van der Waals surface area contributed by atoms with Gasteiger partial charge in [0.25, 0.3) is 11.8 Å². The van der Waals surface area contributed by atoms with E-state index in [2.05, 4.69) is 0 Å². The zero-order chi connectivity index (χ0) is 15.0. The van der Waals surface area contributed by atoms with Gasteiger partial charge >= 0.3 is 0 Å². The van der Waals surface area contributed by atoms with Crippen molar-refractivity contribution >= 4 is 17.8 Å². The maximum absolute atomic E-state index is 12.3. The summed E-state index contributed by atoms with van der Waals surface area (Å²) in [5.74, 6) is -2.72. The fraction of sp³-hybridized carbons (Fsp3) is 0.0625. The van der Waals surface area contributed by atoms with Crippen molar-refractivity contribution < 1.29 is 19.5 Å². The van der Waals surface area contributed by atoms with Crippen molar-refractivity contribution in [1.82, 2.24) is 4.90 Å². The van der Waals surface area contributed by atoms with Gasteiger partial charge in [0.05, 0.1) is 17.1 Å². The van der Waals surface area contributed by atoms with Gasteiger partial charge in [-0.2, -0.15) is 0 Å². The molecule has 1 heterocycles. The summed E-state index contributed by atoms with van der Waals surface area (Å²) in [5, 5.41) is 11.5. The van der Waals surface area contributed by atoms with E-state index in [1.54, 1.807) is 42.5 Å². The average Bonchev–Trinajstić information content (AvgIpc) is 2.74. The number of carboxylic acid groups (broad SMARTS) is 1. The van der Waals surface area contributed by atoms with Crippen molar-refractivity contribution in [3.63, 3.8) is 0 Å². The Hall–Kier alpha value is -2.95. The molecular weight excluding hydrogens is 270 g/mol. The van der Waals surface area contributed by atoms with Crippen LogP contribution in [-0.4, -0.2) is 22.7 Å². The Labute approximate surface area is 120 Å². The average molecular weight is 280 g/mol. The quantitative estimate of drug-likeness (QED) is 0.778. The normalized spacial score (nSPS) is 15.0. The molecule has 21 heavy (non-hydrogen) atoms. The number of fused-ring (bicyclic) bond motifs is 1. The van der Waals surface area contributed by atoms with Gasteiger partial charge in [-0.25, -0.2) is 0 Å². The maximum Gasteiger partial charge on any atom is 0.262 e. The fourth-order valence-corrected chi connectivity index (χ4v) is 2.47. The largest absolute Gasteiger partial charge is 0.547 e. The van der Waals surface area contributed by atoms with Crippen LogP contribution in [0.4, 0.5) is 0 Å². The summed E-state index contributed by atoms with van der Waals surface area (Å²) in [5.41, 5.74) is 0.751. The third-order valence-electron chi connectivity index (χ3n) is 3.42. The summed E-state index contributed by atoms with van der Waals surface area (Å²) in [7, 11) is 0. The highest BCUT2D eigenvalue weighted by Crippen LogP contribution is 2.30. The van der Waals surface area contributed by atoms with E-state index < -0.39 is 23.8 Å². The van der Waals surface area contributed by atoms with Crippen LogP contribution in [0.3, 0.4) is 0 Å². The Balaban J connectivity index is 2.09. The number of hydrogen-bond acceptors (Lipinski definition) is 4. The molecule has 1 aliphatic rings. The number of rotatable bonds is 3. The summed E-state index contributed by atoms with van der Waals surface area (Å²) in [4.78, 5) is 36.9. The van der Waals surface area contributed by atoms with Gasteiger partial charge < -0.3 is 9.90 Å². The summed E-state index contributed by atoms with van der Waals surface area (Å²) in [6.45, 7) is 0. The number of imide groups is 1. The molecule has 104 valence electrons. The van der Waals surface area contributed by atoms with Gasteiger partial charge in [0, 0.05) is 0 Å². The Bertz CT molecular complexity index is 704. The molecule has 1 atom stereocenters. The predicted molar refractivity (Wildman–Crippen MR) is 71.1 cm³/mol. The van der Waals surface area contributed by atoms with Crippen molar-refractivity contribution in [1.29, 1.82) is 0 Å². The van der Waals surface area contributed by atoms with Gasteiger partial charge in [0.2, 0.25) is 0 Å². The zero-order valence-corrected chi connectivity index (χ0v) is 10.9. The van der Waals surface area contributed by atoms with Crippen LogP contribution < -0.4 is 5.11 Å². The van der Waals surface area contributed by atoms with Gasteiger partial charge in [0.15, 0.2) is 0 Å². The Kier molecular flexibility index (Phi) is 3.02. The van der Waals surface area contributed by atoms with E-state index in [9.17, 15) is 19.5 Å². The molecular formula is C16H10NO4-. The highest BCUT2D eigenvalue weighted by atomic mass is 16.4. The third kappa shape index (κ3) is 1.99. The lowest BCUT2D eigenvalue weighted by atomic mass is 10.1. The minimum Gasteiger partial charge on any atom is -0.547 e. The second-order valence-corrected chi connectivity index (χ2v) is 4.66. The van der Waals surface area contributed by atoms with E-state index in [0.29, 0.717) is 5.56 Å². The minimum atomic E-state index is -1.49. The van der Waals surface area contributed by atoms with Gasteiger partial charge in [-0.1, -0.05) is 42.5 Å². The second-order valence-electron chi connectivity index (χ2n) is 4.66. The molecule has 0 fully saturated rings. The van der Waals surface area contributed by atoms with E-state index in [-0.39, 0.29) is 11.1 Å². The first-order valence-electron chi connectivity index (χ1n) is 6.34. The van der Waals surface area contributed by atoms with E-state index in [1.807, 2.05) is 0 Å². The Morgan fingerprint density at radius 3 is 1.81 bits per heavy atom.